The number of carboxylic acids is 1. The van der Waals surface area contributed by atoms with Crippen LogP contribution >= 0.6 is 23.2 Å². The number of hydrogen-bond acceptors (Lipinski definition) is 4. The minimum absolute atomic E-state index is 0.104. The summed E-state index contributed by atoms with van der Waals surface area (Å²) in [4.78, 5) is 24.8. The van der Waals surface area contributed by atoms with Crippen LogP contribution in [0.3, 0.4) is 0 Å². The van der Waals surface area contributed by atoms with E-state index in [-0.39, 0.29) is 11.8 Å². The van der Waals surface area contributed by atoms with Crippen LogP contribution in [0.15, 0.2) is 53.2 Å². The second kappa shape index (κ2) is 8.89. The van der Waals surface area contributed by atoms with Gasteiger partial charge in [-0.2, -0.15) is 0 Å². The van der Waals surface area contributed by atoms with Gasteiger partial charge in [-0.1, -0.05) is 54.3 Å². The number of aromatic nitrogens is 2. The summed E-state index contributed by atoms with van der Waals surface area (Å²) in [6.07, 6.45) is 4.22. The van der Waals surface area contributed by atoms with Gasteiger partial charge in [-0.25, -0.2) is 4.79 Å². The maximum atomic E-state index is 13.9. The number of benzene rings is 2. The van der Waals surface area contributed by atoms with Gasteiger partial charge in [0.15, 0.2) is 5.76 Å². The van der Waals surface area contributed by atoms with Gasteiger partial charge in [0.25, 0.3) is 5.91 Å². The first-order valence-electron chi connectivity index (χ1n) is 10.2. The van der Waals surface area contributed by atoms with Crippen LogP contribution < -0.4 is 0 Å². The third kappa shape index (κ3) is 4.19. The molecule has 0 aliphatic rings. The van der Waals surface area contributed by atoms with Crippen molar-refractivity contribution < 1.29 is 19.2 Å². The molecule has 0 amide bonds. The second-order valence-corrected chi connectivity index (χ2v) is 8.79. The maximum Gasteiger partial charge on any atom is 0.328 e. The molecule has 6 nitrogen and oxygen atoms in total. The van der Waals surface area contributed by atoms with Crippen molar-refractivity contribution in [2.24, 2.45) is 0 Å². The zero-order chi connectivity index (χ0) is 23.9. The molecule has 2 aromatic carbocycles. The van der Waals surface area contributed by atoms with Gasteiger partial charge in [0.05, 0.1) is 10.5 Å². The van der Waals surface area contributed by atoms with Crippen LogP contribution in [0.2, 0.25) is 10.0 Å². The maximum absolute atomic E-state index is 13.9. The lowest BCUT2D eigenvalue weighted by Gasteiger charge is -2.11. The van der Waals surface area contributed by atoms with E-state index in [2.05, 4.69) is 5.16 Å². The molecule has 0 aliphatic carbocycles. The van der Waals surface area contributed by atoms with Crippen LogP contribution in [0.4, 0.5) is 0 Å². The van der Waals surface area contributed by atoms with Gasteiger partial charge in [0, 0.05) is 34.2 Å². The van der Waals surface area contributed by atoms with Gasteiger partial charge in [0.1, 0.15) is 11.3 Å². The molecule has 4 aromatic rings. The lowest BCUT2D eigenvalue weighted by atomic mass is 9.97. The largest absolute Gasteiger partial charge is 0.478 e. The van der Waals surface area contributed by atoms with E-state index >= 15 is 0 Å². The Labute approximate surface area is 200 Å². The van der Waals surface area contributed by atoms with E-state index in [1.807, 2.05) is 20.8 Å². The minimum Gasteiger partial charge on any atom is -0.478 e. The van der Waals surface area contributed by atoms with E-state index in [4.69, 9.17) is 32.8 Å². The predicted molar refractivity (Wildman–Crippen MR) is 129 cm³/mol. The molecule has 0 aliphatic heterocycles. The number of carbonyl (C=O) groups is 2. The van der Waals surface area contributed by atoms with Crippen LogP contribution in [0, 0.1) is 6.92 Å². The monoisotopic (exact) mass is 482 g/mol. The molecular formula is C25H20Cl2N2O4. The highest BCUT2D eigenvalue weighted by atomic mass is 35.5. The highest BCUT2D eigenvalue weighted by Crippen LogP contribution is 2.38. The summed E-state index contributed by atoms with van der Waals surface area (Å²) in [5, 5.41) is 14.8. The highest BCUT2D eigenvalue weighted by Gasteiger charge is 2.29. The van der Waals surface area contributed by atoms with Crippen molar-refractivity contribution in [1.29, 1.82) is 0 Å². The van der Waals surface area contributed by atoms with E-state index in [0.29, 0.717) is 43.7 Å². The smallest absolute Gasteiger partial charge is 0.328 e. The molecule has 2 heterocycles. The molecule has 4 rings (SSSR count). The Morgan fingerprint density at radius 2 is 1.94 bits per heavy atom. The van der Waals surface area contributed by atoms with E-state index < -0.39 is 5.97 Å². The van der Waals surface area contributed by atoms with Crippen LogP contribution in [-0.4, -0.2) is 26.7 Å². The summed E-state index contributed by atoms with van der Waals surface area (Å²) < 4.78 is 7.13. The fourth-order valence-corrected chi connectivity index (χ4v) is 4.56. The van der Waals surface area contributed by atoms with Gasteiger partial charge in [0.2, 0.25) is 0 Å². The number of aryl methyl sites for hydroxylation is 1. The Morgan fingerprint density at radius 1 is 1.18 bits per heavy atom. The first-order valence-corrected chi connectivity index (χ1v) is 11.0. The van der Waals surface area contributed by atoms with Crippen molar-refractivity contribution in [1.82, 2.24) is 9.72 Å². The molecule has 168 valence electrons. The molecule has 0 unspecified atom stereocenters. The standard InChI is InChI=1S/C25H20Cl2N2O4/c1-13(2)24-22(23(28-33-24)21-14(3)11-16(26)12-18(21)27)25(32)29-10-9-17-15(7-8-20(30)31)5-4-6-19(17)29/h4-13H,1-3H3,(H,30,31)/b8-7+. The summed E-state index contributed by atoms with van der Waals surface area (Å²) in [7, 11) is 0. The number of nitrogens with zero attached hydrogens (tertiary/aromatic N) is 2. The van der Waals surface area contributed by atoms with E-state index in [1.165, 1.54) is 10.6 Å². The number of carbonyl (C=O) groups excluding carboxylic acids is 1. The molecule has 0 bridgehead atoms. The zero-order valence-corrected chi connectivity index (χ0v) is 19.6. The molecule has 1 N–H and O–H groups in total. The third-order valence-corrected chi connectivity index (χ3v) is 5.85. The molecule has 0 saturated carbocycles. The van der Waals surface area contributed by atoms with Crippen molar-refractivity contribution in [3.63, 3.8) is 0 Å². The fraction of sp³-hybridized carbons (Fsp3) is 0.160. The Morgan fingerprint density at radius 3 is 2.61 bits per heavy atom. The Balaban J connectivity index is 1.91. The van der Waals surface area contributed by atoms with Gasteiger partial charge in [-0.05, 0) is 48.4 Å². The topological polar surface area (TPSA) is 85.3 Å². The first-order chi connectivity index (χ1) is 15.7. The number of halogens is 2. The molecule has 0 radical (unpaired) electrons. The van der Waals surface area contributed by atoms with E-state index in [9.17, 15) is 9.59 Å². The molecule has 8 heteroatoms. The molecule has 2 aromatic heterocycles. The van der Waals surface area contributed by atoms with Gasteiger partial charge in [-0.3, -0.25) is 9.36 Å². The SMILES string of the molecule is Cc1cc(Cl)cc(Cl)c1-c1noc(C(C)C)c1C(=O)n1ccc2c(/C=C/C(=O)O)cccc21. The average molecular weight is 483 g/mol. The summed E-state index contributed by atoms with van der Waals surface area (Å²) >= 11 is 12.6. The van der Waals surface area contributed by atoms with Gasteiger partial charge >= 0.3 is 5.97 Å². The quantitative estimate of drug-likeness (QED) is 0.315. The first kappa shape index (κ1) is 22.8. The number of fused-ring (bicyclic) bond motifs is 1. The van der Waals surface area contributed by atoms with E-state index in [0.717, 1.165) is 17.0 Å². The Hall–Kier alpha value is -3.35. The summed E-state index contributed by atoms with van der Waals surface area (Å²) in [6.45, 7) is 5.68. The Kier molecular flexibility index (Phi) is 6.15. The predicted octanol–water partition coefficient (Wildman–Crippen LogP) is 6.82. The fourth-order valence-electron chi connectivity index (χ4n) is 3.87. The summed E-state index contributed by atoms with van der Waals surface area (Å²) in [5.74, 6) is -1.03. The summed E-state index contributed by atoms with van der Waals surface area (Å²) in [5.41, 5.74) is 3.35. The van der Waals surface area contributed by atoms with E-state index in [1.54, 1.807) is 42.6 Å². The molecule has 0 spiro atoms. The summed E-state index contributed by atoms with van der Waals surface area (Å²) in [6, 6.07) is 10.5. The number of hydrogen-bond donors (Lipinski definition) is 1. The van der Waals surface area contributed by atoms with Crippen LogP contribution in [0.5, 0.6) is 0 Å². The second-order valence-electron chi connectivity index (χ2n) is 7.95. The third-order valence-electron chi connectivity index (χ3n) is 5.34. The van der Waals surface area contributed by atoms with Crippen molar-refractivity contribution >= 4 is 52.1 Å². The van der Waals surface area contributed by atoms with Crippen molar-refractivity contribution in [2.75, 3.05) is 0 Å². The Bertz CT molecular complexity index is 1410. The van der Waals surface area contributed by atoms with Crippen molar-refractivity contribution in [2.45, 2.75) is 26.7 Å². The van der Waals surface area contributed by atoms with Crippen LogP contribution in [0.1, 0.15) is 47.0 Å². The minimum atomic E-state index is -1.05. The molecular weight excluding hydrogens is 463 g/mol. The van der Waals surface area contributed by atoms with Crippen molar-refractivity contribution in [3.05, 3.63) is 81.2 Å². The molecule has 33 heavy (non-hydrogen) atoms. The normalized spacial score (nSPS) is 11.7. The number of carboxylic acid groups (broad SMARTS) is 1. The number of rotatable bonds is 5. The number of aliphatic carboxylic acids is 1. The lowest BCUT2D eigenvalue weighted by molar-refractivity contribution is -0.131. The van der Waals surface area contributed by atoms with Crippen LogP contribution in [-0.2, 0) is 4.79 Å². The zero-order valence-electron chi connectivity index (χ0n) is 18.1. The highest BCUT2D eigenvalue weighted by molar-refractivity contribution is 6.36. The molecule has 0 saturated heterocycles. The molecule has 0 atom stereocenters. The van der Waals surface area contributed by atoms with Gasteiger partial charge < -0.3 is 9.63 Å². The van der Waals surface area contributed by atoms with Crippen molar-refractivity contribution in [3.8, 4) is 11.3 Å². The van der Waals surface area contributed by atoms with Crippen LogP contribution in [0.25, 0.3) is 28.2 Å². The van der Waals surface area contributed by atoms with Gasteiger partial charge in [-0.15, -0.1) is 0 Å². The lowest BCUT2D eigenvalue weighted by Crippen LogP contribution is -2.14. The average Bonchev–Trinajstić information content (AvgIpc) is 3.36. The molecule has 0 fully saturated rings.